The number of hydrogen-bond donors (Lipinski definition) is 1. The van der Waals surface area contributed by atoms with Gasteiger partial charge < -0.3 is 9.67 Å². The zero-order chi connectivity index (χ0) is 9.71. The fraction of sp³-hybridized carbons (Fsp3) is 0.300. The minimum atomic E-state index is -0.291. The summed E-state index contributed by atoms with van der Waals surface area (Å²) in [6, 6.07) is 5.64. The number of hydrogen-bond acceptors (Lipinski definition) is 2. The minimum absolute atomic E-state index is 0.291. The van der Waals surface area contributed by atoms with Crippen molar-refractivity contribution in [3.05, 3.63) is 29.0 Å². The highest BCUT2D eigenvalue weighted by Gasteiger charge is 2.22. The number of aromatic nitrogens is 2. The molecule has 2 heterocycles. The van der Waals surface area contributed by atoms with E-state index in [1.165, 1.54) is 0 Å². The molecular formula is C10H9ClN2O. The molecule has 1 aliphatic heterocycles. The maximum atomic E-state index is 9.47. The van der Waals surface area contributed by atoms with Gasteiger partial charge in [0.25, 0.3) is 0 Å². The Labute approximate surface area is 85.9 Å². The fourth-order valence-corrected chi connectivity index (χ4v) is 2.16. The van der Waals surface area contributed by atoms with E-state index in [4.69, 9.17) is 11.6 Å². The van der Waals surface area contributed by atoms with Gasteiger partial charge in [-0.2, -0.15) is 0 Å². The number of rotatable bonds is 0. The second-order valence-electron chi connectivity index (χ2n) is 3.63. The third kappa shape index (κ3) is 1.06. The van der Waals surface area contributed by atoms with Crippen LogP contribution in [-0.2, 0) is 13.0 Å². The van der Waals surface area contributed by atoms with Crippen molar-refractivity contribution in [2.45, 2.75) is 19.1 Å². The van der Waals surface area contributed by atoms with Crippen LogP contribution in [0.25, 0.3) is 11.0 Å². The standard InChI is InChI=1S/C10H9ClN2O/c11-6-1-2-8-9(3-6)13-5-7(14)4-10(13)12-8/h1-3,7,14H,4-5H2. The Balaban J connectivity index is 2.30. The van der Waals surface area contributed by atoms with Crippen LogP contribution in [0.3, 0.4) is 0 Å². The Hall–Kier alpha value is -1.06. The number of imidazole rings is 1. The van der Waals surface area contributed by atoms with Crippen LogP contribution in [0.4, 0.5) is 0 Å². The summed E-state index contributed by atoms with van der Waals surface area (Å²) in [5.74, 6) is 0.953. The van der Waals surface area contributed by atoms with Crippen molar-refractivity contribution in [1.29, 1.82) is 0 Å². The summed E-state index contributed by atoms with van der Waals surface area (Å²) in [7, 11) is 0. The monoisotopic (exact) mass is 208 g/mol. The first-order chi connectivity index (χ1) is 6.74. The zero-order valence-electron chi connectivity index (χ0n) is 7.44. The van der Waals surface area contributed by atoms with Crippen molar-refractivity contribution in [1.82, 2.24) is 9.55 Å². The Morgan fingerprint density at radius 1 is 1.50 bits per heavy atom. The van der Waals surface area contributed by atoms with Gasteiger partial charge in [0.1, 0.15) is 5.82 Å². The average molecular weight is 209 g/mol. The van der Waals surface area contributed by atoms with Gasteiger partial charge >= 0.3 is 0 Å². The molecule has 1 atom stereocenters. The van der Waals surface area contributed by atoms with Crippen LogP contribution in [-0.4, -0.2) is 20.8 Å². The van der Waals surface area contributed by atoms with Crippen LogP contribution in [0, 0.1) is 0 Å². The normalized spacial score (nSPS) is 20.3. The van der Waals surface area contributed by atoms with Crippen LogP contribution in [0.15, 0.2) is 18.2 Å². The van der Waals surface area contributed by atoms with Gasteiger partial charge in [0.05, 0.1) is 23.7 Å². The molecule has 0 fully saturated rings. The van der Waals surface area contributed by atoms with E-state index in [2.05, 4.69) is 4.98 Å². The molecule has 3 rings (SSSR count). The summed E-state index contributed by atoms with van der Waals surface area (Å²) in [5.41, 5.74) is 1.97. The molecule has 3 nitrogen and oxygen atoms in total. The summed E-state index contributed by atoms with van der Waals surface area (Å²) in [6.45, 7) is 0.631. The lowest BCUT2D eigenvalue weighted by Gasteiger charge is -2.00. The maximum absolute atomic E-state index is 9.47. The number of aliphatic hydroxyl groups is 1. The van der Waals surface area contributed by atoms with E-state index < -0.39 is 0 Å². The van der Waals surface area contributed by atoms with Gasteiger partial charge in [0.15, 0.2) is 0 Å². The molecule has 0 radical (unpaired) electrons. The van der Waals surface area contributed by atoms with E-state index >= 15 is 0 Å². The maximum Gasteiger partial charge on any atom is 0.112 e. The number of fused-ring (bicyclic) bond motifs is 3. The van der Waals surface area contributed by atoms with E-state index in [9.17, 15) is 5.11 Å². The molecule has 14 heavy (non-hydrogen) atoms. The third-order valence-corrected chi connectivity index (χ3v) is 2.84. The predicted molar refractivity (Wildman–Crippen MR) is 54.5 cm³/mol. The van der Waals surface area contributed by atoms with Crippen LogP contribution < -0.4 is 0 Å². The summed E-state index contributed by atoms with van der Waals surface area (Å²) in [5, 5.41) is 10.2. The van der Waals surface area contributed by atoms with E-state index in [1.54, 1.807) is 0 Å². The highest BCUT2D eigenvalue weighted by atomic mass is 35.5. The molecule has 0 bridgehead atoms. The topological polar surface area (TPSA) is 38.1 Å². The van der Waals surface area contributed by atoms with E-state index in [0.717, 1.165) is 16.9 Å². The average Bonchev–Trinajstić information content (AvgIpc) is 2.62. The van der Waals surface area contributed by atoms with Crippen molar-refractivity contribution < 1.29 is 5.11 Å². The number of aliphatic hydroxyl groups excluding tert-OH is 1. The van der Waals surface area contributed by atoms with Crippen LogP contribution in [0.5, 0.6) is 0 Å². The molecule has 0 amide bonds. The first-order valence-electron chi connectivity index (χ1n) is 4.57. The molecule has 1 unspecified atom stereocenters. The number of halogens is 1. The Bertz CT molecular complexity index is 506. The van der Waals surface area contributed by atoms with Crippen molar-refractivity contribution in [3.8, 4) is 0 Å². The van der Waals surface area contributed by atoms with Gasteiger partial charge in [0, 0.05) is 11.4 Å². The Morgan fingerprint density at radius 2 is 2.36 bits per heavy atom. The second-order valence-corrected chi connectivity index (χ2v) is 4.07. The summed E-state index contributed by atoms with van der Waals surface area (Å²) >= 11 is 5.91. The third-order valence-electron chi connectivity index (χ3n) is 2.60. The number of nitrogens with zero attached hydrogens (tertiary/aromatic N) is 2. The van der Waals surface area contributed by atoms with Gasteiger partial charge in [-0.3, -0.25) is 0 Å². The van der Waals surface area contributed by atoms with E-state index in [1.807, 2.05) is 22.8 Å². The summed E-state index contributed by atoms with van der Waals surface area (Å²) in [6.07, 6.45) is 0.354. The molecule has 0 saturated heterocycles. The summed E-state index contributed by atoms with van der Waals surface area (Å²) in [4.78, 5) is 4.43. The smallest absolute Gasteiger partial charge is 0.112 e. The van der Waals surface area contributed by atoms with Gasteiger partial charge in [0.2, 0.25) is 0 Å². The van der Waals surface area contributed by atoms with Gasteiger partial charge in [-0.1, -0.05) is 11.6 Å². The highest BCUT2D eigenvalue weighted by Crippen LogP contribution is 2.25. The van der Waals surface area contributed by atoms with Crippen molar-refractivity contribution in [3.63, 3.8) is 0 Å². The van der Waals surface area contributed by atoms with Crippen molar-refractivity contribution in [2.75, 3.05) is 0 Å². The lowest BCUT2D eigenvalue weighted by molar-refractivity contribution is 0.176. The van der Waals surface area contributed by atoms with Gasteiger partial charge in [-0.15, -0.1) is 0 Å². The molecule has 1 aliphatic rings. The molecule has 0 saturated carbocycles. The molecule has 0 aliphatic carbocycles. The quantitative estimate of drug-likeness (QED) is 0.714. The first kappa shape index (κ1) is 8.26. The molecular weight excluding hydrogens is 200 g/mol. The fourth-order valence-electron chi connectivity index (χ4n) is 1.99. The van der Waals surface area contributed by atoms with E-state index in [0.29, 0.717) is 18.0 Å². The second kappa shape index (κ2) is 2.72. The van der Waals surface area contributed by atoms with Crippen LogP contribution >= 0.6 is 11.6 Å². The molecule has 1 aromatic carbocycles. The minimum Gasteiger partial charge on any atom is -0.391 e. The SMILES string of the molecule is OC1Cc2nc3ccc(Cl)cc3n2C1. The van der Waals surface area contributed by atoms with Crippen LogP contribution in [0.1, 0.15) is 5.82 Å². The van der Waals surface area contributed by atoms with Gasteiger partial charge in [-0.05, 0) is 18.2 Å². The molecule has 4 heteroatoms. The lowest BCUT2D eigenvalue weighted by atomic mass is 10.3. The summed E-state index contributed by atoms with van der Waals surface area (Å²) < 4.78 is 2.03. The lowest BCUT2D eigenvalue weighted by Crippen LogP contribution is -2.07. The van der Waals surface area contributed by atoms with E-state index in [-0.39, 0.29) is 6.10 Å². The molecule has 0 spiro atoms. The number of benzene rings is 1. The predicted octanol–water partition coefficient (Wildman–Crippen LogP) is 1.61. The molecule has 1 N–H and O–H groups in total. The van der Waals surface area contributed by atoms with Crippen molar-refractivity contribution in [2.24, 2.45) is 0 Å². The molecule has 2 aromatic rings. The molecule has 72 valence electrons. The van der Waals surface area contributed by atoms with Crippen molar-refractivity contribution >= 4 is 22.6 Å². The Morgan fingerprint density at radius 3 is 3.21 bits per heavy atom. The Kier molecular flexibility index (Phi) is 1.60. The van der Waals surface area contributed by atoms with Crippen LogP contribution in [0.2, 0.25) is 5.02 Å². The zero-order valence-corrected chi connectivity index (χ0v) is 8.20. The van der Waals surface area contributed by atoms with Gasteiger partial charge in [-0.25, -0.2) is 4.98 Å². The highest BCUT2D eigenvalue weighted by molar-refractivity contribution is 6.31. The molecule has 1 aromatic heterocycles. The first-order valence-corrected chi connectivity index (χ1v) is 4.94. The largest absolute Gasteiger partial charge is 0.391 e.